The third-order valence-corrected chi connectivity index (χ3v) is 5.51. The SMILES string of the molecule is CSc1nnnn1-c1cccc(NC(=O)c2cnn(-c3ccccc3F)c2-n2cccc2)c1. The lowest BCUT2D eigenvalue weighted by atomic mass is 10.2. The number of nitrogens with zero attached hydrogens (tertiary/aromatic N) is 7. The van der Waals surface area contributed by atoms with Crippen LogP contribution in [0.15, 0.2) is 84.4 Å². The highest BCUT2D eigenvalue weighted by molar-refractivity contribution is 7.98. The second kappa shape index (κ2) is 8.71. The Labute approximate surface area is 191 Å². The Morgan fingerprint density at radius 2 is 1.85 bits per heavy atom. The van der Waals surface area contributed by atoms with Crippen LogP contribution in [0.3, 0.4) is 0 Å². The number of carbonyl (C=O) groups is 1. The van der Waals surface area contributed by atoms with Crippen LogP contribution >= 0.6 is 11.8 Å². The topological polar surface area (TPSA) is 95.5 Å². The number of hydrogen-bond donors (Lipinski definition) is 1. The molecule has 0 aliphatic heterocycles. The lowest BCUT2D eigenvalue weighted by Gasteiger charge is -2.12. The summed E-state index contributed by atoms with van der Waals surface area (Å²) >= 11 is 1.41. The number of amides is 1. The van der Waals surface area contributed by atoms with Crippen molar-refractivity contribution >= 4 is 23.4 Å². The molecule has 0 atom stereocenters. The van der Waals surface area contributed by atoms with Crippen molar-refractivity contribution in [3.8, 4) is 17.2 Å². The van der Waals surface area contributed by atoms with Gasteiger partial charge in [0.2, 0.25) is 5.16 Å². The van der Waals surface area contributed by atoms with Crippen molar-refractivity contribution < 1.29 is 9.18 Å². The van der Waals surface area contributed by atoms with E-state index in [-0.39, 0.29) is 17.2 Å². The average molecular weight is 460 g/mol. The maximum Gasteiger partial charge on any atom is 0.261 e. The lowest BCUT2D eigenvalue weighted by molar-refractivity contribution is 0.102. The van der Waals surface area contributed by atoms with E-state index in [1.807, 2.05) is 24.5 Å². The Morgan fingerprint density at radius 3 is 2.64 bits per heavy atom. The van der Waals surface area contributed by atoms with E-state index in [4.69, 9.17) is 0 Å². The third kappa shape index (κ3) is 3.89. The molecule has 3 aromatic heterocycles. The number of thioether (sulfide) groups is 1. The summed E-state index contributed by atoms with van der Waals surface area (Å²) in [6.45, 7) is 0. The molecule has 164 valence electrons. The van der Waals surface area contributed by atoms with Crippen molar-refractivity contribution in [3.05, 3.63) is 90.6 Å². The zero-order valence-electron chi connectivity index (χ0n) is 17.3. The van der Waals surface area contributed by atoms with Gasteiger partial charge >= 0.3 is 0 Å². The maximum atomic E-state index is 14.5. The zero-order chi connectivity index (χ0) is 22.8. The van der Waals surface area contributed by atoms with Gasteiger partial charge in [0.1, 0.15) is 17.1 Å². The first-order valence-electron chi connectivity index (χ1n) is 9.86. The van der Waals surface area contributed by atoms with Gasteiger partial charge in [-0.25, -0.2) is 9.07 Å². The van der Waals surface area contributed by atoms with Gasteiger partial charge in [0, 0.05) is 18.1 Å². The van der Waals surface area contributed by atoms with Crippen LogP contribution in [0, 0.1) is 5.82 Å². The molecule has 11 heteroatoms. The number of hydrogen-bond acceptors (Lipinski definition) is 6. The number of rotatable bonds is 6. The van der Waals surface area contributed by atoms with Gasteiger partial charge < -0.3 is 9.88 Å². The van der Waals surface area contributed by atoms with Gasteiger partial charge in [0.25, 0.3) is 5.91 Å². The number of anilines is 1. The number of benzene rings is 2. The molecule has 5 rings (SSSR count). The molecular weight excluding hydrogens is 443 g/mol. The fourth-order valence-electron chi connectivity index (χ4n) is 3.41. The summed E-state index contributed by atoms with van der Waals surface area (Å²) in [5.41, 5.74) is 1.78. The van der Waals surface area contributed by atoms with Crippen LogP contribution < -0.4 is 5.32 Å². The van der Waals surface area contributed by atoms with Gasteiger partial charge in [0.15, 0.2) is 5.82 Å². The second-order valence-electron chi connectivity index (χ2n) is 6.92. The van der Waals surface area contributed by atoms with Crippen LogP contribution in [0.5, 0.6) is 0 Å². The van der Waals surface area contributed by atoms with E-state index in [2.05, 4.69) is 25.9 Å². The van der Waals surface area contributed by atoms with Gasteiger partial charge in [-0.2, -0.15) is 9.78 Å². The van der Waals surface area contributed by atoms with Crippen molar-refractivity contribution in [2.24, 2.45) is 0 Å². The minimum Gasteiger partial charge on any atom is -0.322 e. The zero-order valence-corrected chi connectivity index (χ0v) is 18.1. The molecule has 0 saturated carbocycles. The van der Waals surface area contributed by atoms with Crippen LogP contribution in [-0.4, -0.2) is 46.7 Å². The summed E-state index contributed by atoms with van der Waals surface area (Å²) in [6.07, 6.45) is 6.85. The first-order chi connectivity index (χ1) is 16.2. The Kier molecular flexibility index (Phi) is 5.45. The molecular formula is C22H17FN8OS. The van der Waals surface area contributed by atoms with Gasteiger partial charge in [-0.05, 0) is 59.1 Å². The van der Waals surface area contributed by atoms with E-state index < -0.39 is 5.82 Å². The number of halogens is 1. The van der Waals surface area contributed by atoms with Crippen molar-refractivity contribution in [3.63, 3.8) is 0 Å². The van der Waals surface area contributed by atoms with Crippen LogP contribution in [0.2, 0.25) is 0 Å². The number of tetrazole rings is 1. The van der Waals surface area contributed by atoms with E-state index in [1.54, 1.807) is 58.0 Å². The van der Waals surface area contributed by atoms with Gasteiger partial charge in [-0.1, -0.05) is 30.0 Å². The Hall–Kier alpha value is -4.25. The van der Waals surface area contributed by atoms with Crippen LogP contribution in [0.1, 0.15) is 10.4 Å². The highest BCUT2D eigenvalue weighted by Crippen LogP contribution is 2.24. The number of para-hydroxylation sites is 1. The molecule has 0 fully saturated rings. The molecule has 1 amide bonds. The first-order valence-corrected chi connectivity index (χ1v) is 11.1. The molecule has 9 nitrogen and oxygen atoms in total. The minimum absolute atomic E-state index is 0.241. The third-order valence-electron chi connectivity index (χ3n) is 4.89. The molecule has 3 heterocycles. The Morgan fingerprint density at radius 1 is 1.03 bits per heavy atom. The lowest BCUT2D eigenvalue weighted by Crippen LogP contribution is -2.16. The van der Waals surface area contributed by atoms with Crippen LogP contribution in [0.4, 0.5) is 10.1 Å². The van der Waals surface area contributed by atoms with Crippen molar-refractivity contribution in [1.82, 2.24) is 34.6 Å². The van der Waals surface area contributed by atoms with E-state index >= 15 is 0 Å². The largest absolute Gasteiger partial charge is 0.322 e. The smallest absolute Gasteiger partial charge is 0.261 e. The Bertz CT molecular complexity index is 1430. The summed E-state index contributed by atoms with van der Waals surface area (Å²) in [5.74, 6) is -0.413. The highest BCUT2D eigenvalue weighted by Gasteiger charge is 2.21. The van der Waals surface area contributed by atoms with Crippen molar-refractivity contribution in [1.29, 1.82) is 0 Å². The monoisotopic (exact) mass is 460 g/mol. The number of carbonyl (C=O) groups excluding carboxylic acids is 1. The van der Waals surface area contributed by atoms with Gasteiger partial charge in [-0.3, -0.25) is 4.79 Å². The molecule has 1 N–H and O–H groups in total. The second-order valence-corrected chi connectivity index (χ2v) is 7.69. The fraction of sp³-hybridized carbons (Fsp3) is 0.0455. The van der Waals surface area contributed by atoms with E-state index in [1.165, 1.54) is 28.7 Å². The molecule has 33 heavy (non-hydrogen) atoms. The predicted octanol–water partition coefficient (Wildman–Crippen LogP) is 3.75. The van der Waals surface area contributed by atoms with E-state index in [0.717, 1.165) is 0 Å². The van der Waals surface area contributed by atoms with Crippen LogP contribution in [0.25, 0.3) is 17.2 Å². The molecule has 0 bridgehead atoms. The van der Waals surface area contributed by atoms with E-state index in [0.29, 0.717) is 22.3 Å². The van der Waals surface area contributed by atoms with Gasteiger partial charge in [-0.15, -0.1) is 5.10 Å². The molecule has 0 aliphatic carbocycles. The van der Waals surface area contributed by atoms with Crippen molar-refractivity contribution in [2.45, 2.75) is 5.16 Å². The standard InChI is InChI=1S/C22H17FN8OS/c1-33-22-26-27-28-30(22)16-8-6-7-15(13-16)25-20(32)17-14-24-31(19-10-3-2-9-18(19)23)21(17)29-11-4-5-12-29/h2-14H,1H3,(H,25,32). The summed E-state index contributed by atoms with van der Waals surface area (Å²) < 4.78 is 19.2. The van der Waals surface area contributed by atoms with Gasteiger partial charge in [0.05, 0.1) is 11.9 Å². The van der Waals surface area contributed by atoms with E-state index in [9.17, 15) is 9.18 Å². The fourth-order valence-corrected chi connectivity index (χ4v) is 3.84. The summed E-state index contributed by atoms with van der Waals surface area (Å²) in [7, 11) is 0. The molecule has 0 saturated heterocycles. The molecule has 2 aromatic carbocycles. The number of nitrogens with one attached hydrogen (secondary N) is 1. The molecule has 0 unspecified atom stereocenters. The predicted molar refractivity (Wildman–Crippen MR) is 122 cm³/mol. The minimum atomic E-state index is -0.445. The quantitative estimate of drug-likeness (QED) is 0.388. The summed E-state index contributed by atoms with van der Waals surface area (Å²) in [5, 5.41) is 19.5. The first kappa shape index (κ1) is 20.6. The summed E-state index contributed by atoms with van der Waals surface area (Å²) in [4.78, 5) is 13.3. The average Bonchev–Trinajstić information content (AvgIpc) is 3.59. The molecule has 5 aromatic rings. The Balaban J connectivity index is 1.51. The molecule has 0 aliphatic rings. The maximum absolute atomic E-state index is 14.5. The highest BCUT2D eigenvalue weighted by atomic mass is 32.2. The summed E-state index contributed by atoms with van der Waals surface area (Å²) in [6, 6.07) is 17.1. The molecule has 0 spiro atoms. The normalized spacial score (nSPS) is 11.0. The van der Waals surface area contributed by atoms with Crippen molar-refractivity contribution in [2.75, 3.05) is 11.6 Å². The number of aromatic nitrogens is 7. The van der Waals surface area contributed by atoms with Crippen LogP contribution in [-0.2, 0) is 0 Å². The molecule has 0 radical (unpaired) electrons.